The van der Waals surface area contributed by atoms with Crippen LogP contribution in [0.25, 0.3) is 0 Å². The van der Waals surface area contributed by atoms with E-state index in [1.807, 2.05) is 6.92 Å². The molecule has 2 saturated heterocycles. The lowest BCUT2D eigenvalue weighted by molar-refractivity contribution is 0.268. The van der Waals surface area contributed by atoms with Crippen molar-refractivity contribution in [3.8, 4) is 0 Å². The Bertz CT molecular complexity index is 323. The fourth-order valence-electron chi connectivity index (χ4n) is 2.73. The first-order valence-corrected chi connectivity index (χ1v) is 7.93. The molecule has 0 saturated carbocycles. The fraction of sp³-hybridized carbons (Fsp3) is 1.00. The normalized spacial score (nSPS) is 33.1. The molecule has 2 heterocycles. The third-order valence-electron chi connectivity index (χ3n) is 3.67. The van der Waals surface area contributed by atoms with Gasteiger partial charge < -0.3 is 5.32 Å². The van der Waals surface area contributed by atoms with Crippen molar-refractivity contribution in [2.75, 3.05) is 18.8 Å². The maximum Gasteiger partial charge on any atom is 0.215 e. The van der Waals surface area contributed by atoms with E-state index in [1.165, 1.54) is 0 Å². The summed E-state index contributed by atoms with van der Waals surface area (Å²) < 4.78 is 26.2. The van der Waals surface area contributed by atoms with E-state index >= 15 is 0 Å². The highest BCUT2D eigenvalue weighted by Crippen LogP contribution is 2.21. The molecule has 5 heteroatoms. The highest BCUT2D eigenvalue weighted by molar-refractivity contribution is 7.89. The lowest BCUT2D eigenvalue weighted by Crippen LogP contribution is -2.46. The van der Waals surface area contributed by atoms with Crippen molar-refractivity contribution in [3.05, 3.63) is 0 Å². The summed E-state index contributed by atoms with van der Waals surface area (Å²) in [7, 11) is -3.05. The summed E-state index contributed by atoms with van der Waals surface area (Å²) in [5.74, 6) is 0.289. The summed E-state index contributed by atoms with van der Waals surface area (Å²) >= 11 is 0. The largest absolute Gasteiger partial charge is 0.313 e. The van der Waals surface area contributed by atoms with E-state index in [2.05, 4.69) is 5.32 Å². The quantitative estimate of drug-likeness (QED) is 0.806. The van der Waals surface area contributed by atoms with Crippen LogP contribution in [0.5, 0.6) is 0 Å². The molecular weight excluding hydrogens is 224 g/mol. The Balaban J connectivity index is 1.99. The van der Waals surface area contributed by atoms with Gasteiger partial charge in [-0.3, -0.25) is 0 Å². The number of piperidine rings is 1. The molecule has 0 aliphatic carbocycles. The second-order valence-corrected chi connectivity index (χ2v) is 6.99. The van der Waals surface area contributed by atoms with Gasteiger partial charge in [-0.15, -0.1) is 0 Å². The predicted octanol–water partition coefficient (Wildman–Crippen LogP) is 0.943. The van der Waals surface area contributed by atoms with Crippen LogP contribution in [0.1, 0.15) is 39.0 Å². The number of nitrogens with one attached hydrogen (secondary N) is 1. The first-order chi connectivity index (χ1) is 7.59. The smallest absolute Gasteiger partial charge is 0.215 e. The Morgan fingerprint density at radius 1 is 1.25 bits per heavy atom. The van der Waals surface area contributed by atoms with E-state index in [9.17, 15) is 8.42 Å². The molecule has 0 amide bonds. The molecule has 0 aromatic carbocycles. The van der Waals surface area contributed by atoms with Crippen molar-refractivity contribution in [3.63, 3.8) is 0 Å². The van der Waals surface area contributed by atoms with Gasteiger partial charge in [-0.25, -0.2) is 8.42 Å². The van der Waals surface area contributed by atoms with Crippen LogP contribution in [0.3, 0.4) is 0 Å². The molecule has 2 aliphatic rings. The highest BCUT2D eigenvalue weighted by atomic mass is 32.2. The van der Waals surface area contributed by atoms with Crippen molar-refractivity contribution in [1.29, 1.82) is 0 Å². The third kappa shape index (κ3) is 2.76. The molecule has 2 unspecified atom stereocenters. The van der Waals surface area contributed by atoms with Gasteiger partial charge in [-0.05, 0) is 39.2 Å². The summed E-state index contributed by atoms with van der Waals surface area (Å²) in [6.07, 6.45) is 5.30. The van der Waals surface area contributed by atoms with E-state index in [-0.39, 0.29) is 17.8 Å². The van der Waals surface area contributed by atoms with Gasteiger partial charge >= 0.3 is 0 Å². The SMILES string of the molecule is CC1CCCCN1S(=O)(=O)CC1CCCN1. The van der Waals surface area contributed by atoms with Crippen LogP contribution in [0, 0.1) is 0 Å². The molecule has 0 spiro atoms. The Morgan fingerprint density at radius 2 is 2.06 bits per heavy atom. The maximum absolute atomic E-state index is 12.2. The summed E-state index contributed by atoms with van der Waals surface area (Å²) in [5, 5.41) is 3.26. The summed E-state index contributed by atoms with van der Waals surface area (Å²) in [6.45, 7) is 3.71. The summed E-state index contributed by atoms with van der Waals surface area (Å²) in [5.41, 5.74) is 0. The van der Waals surface area contributed by atoms with Crippen molar-refractivity contribution < 1.29 is 8.42 Å². The number of nitrogens with zero attached hydrogens (tertiary/aromatic N) is 1. The molecule has 4 nitrogen and oxygen atoms in total. The van der Waals surface area contributed by atoms with Crippen LogP contribution in [-0.2, 0) is 10.0 Å². The minimum Gasteiger partial charge on any atom is -0.313 e. The number of hydrogen-bond acceptors (Lipinski definition) is 3. The first kappa shape index (κ1) is 12.3. The third-order valence-corrected chi connectivity index (χ3v) is 5.75. The zero-order valence-corrected chi connectivity index (χ0v) is 10.8. The van der Waals surface area contributed by atoms with Crippen LogP contribution < -0.4 is 5.32 Å². The van der Waals surface area contributed by atoms with Gasteiger partial charge in [-0.1, -0.05) is 6.42 Å². The standard InChI is InChI=1S/C11H22N2O2S/c1-10-5-2-3-8-13(10)16(14,15)9-11-6-4-7-12-11/h10-12H,2-9H2,1H3. The minimum atomic E-state index is -3.05. The van der Waals surface area contributed by atoms with Crippen molar-refractivity contribution in [2.24, 2.45) is 0 Å². The van der Waals surface area contributed by atoms with Gasteiger partial charge in [0.05, 0.1) is 5.75 Å². The molecule has 2 aliphatic heterocycles. The summed E-state index contributed by atoms with van der Waals surface area (Å²) in [4.78, 5) is 0. The molecule has 2 atom stereocenters. The number of hydrogen-bond donors (Lipinski definition) is 1. The minimum absolute atomic E-state index is 0.180. The fourth-order valence-corrected chi connectivity index (χ4v) is 4.78. The maximum atomic E-state index is 12.2. The zero-order chi connectivity index (χ0) is 11.6. The molecule has 1 N–H and O–H groups in total. The Kier molecular flexibility index (Phi) is 3.87. The van der Waals surface area contributed by atoms with Gasteiger partial charge in [0.15, 0.2) is 0 Å². The summed E-state index contributed by atoms with van der Waals surface area (Å²) in [6, 6.07) is 0.374. The van der Waals surface area contributed by atoms with E-state index in [0.29, 0.717) is 0 Å². The van der Waals surface area contributed by atoms with E-state index in [0.717, 1.165) is 45.2 Å². The molecule has 16 heavy (non-hydrogen) atoms. The van der Waals surface area contributed by atoms with Crippen molar-refractivity contribution in [1.82, 2.24) is 9.62 Å². The van der Waals surface area contributed by atoms with E-state index < -0.39 is 10.0 Å². The monoisotopic (exact) mass is 246 g/mol. The molecule has 2 fully saturated rings. The second kappa shape index (κ2) is 5.02. The van der Waals surface area contributed by atoms with Gasteiger partial charge in [-0.2, -0.15) is 4.31 Å². The molecule has 0 bridgehead atoms. The average Bonchev–Trinajstić information content (AvgIpc) is 2.70. The van der Waals surface area contributed by atoms with Crippen LogP contribution in [0.15, 0.2) is 0 Å². The number of sulfonamides is 1. The van der Waals surface area contributed by atoms with Crippen LogP contribution >= 0.6 is 0 Å². The van der Waals surface area contributed by atoms with E-state index in [4.69, 9.17) is 0 Å². The van der Waals surface area contributed by atoms with Crippen LogP contribution in [0.2, 0.25) is 0 Å². The van der Waals surface area contributed by atoms with Crippen molar-refractivity contribution in [2.45, 2.75) is 51.1 Å². The van der Waals surface area contributed by atoms with Gasteiger partial charge in [0.2, 0.25) is 10.0 Å². The molecule has 2 rings (SSSR count). The van der Waals surface area contributed by atoms with E-state index in [1.54, 1.807) is 4.31 Å². The average molecular weight is 246 g/mol. The predicted molar refractivity (Wildman–Crippen MR) is 64.8 cm³/mol. The molecule has 94 valence electrons. The number of rotatable bonds is 3. The molecular formula is C11H22N2O2S. The lowest BCUT2D eigenvalue weighted by Gasteiger charge is -2.33. The van der Waals surface area contributed by atoms with Crippen LogP contribution in [0.4, 0.5) is 0 Å². The lowest BCUT2D eigenvalue weighted by atomic mass is 10.1. The van der Waals surface area contributed by atoms with Crippen molar-refractivity contribution >= 4 is 10.0 Å². The Morgan fingerprint density at radius 3 is 2.69 bits per heavy atom. The molecule has 0 aromatic heterocycles. The van der Waals surface area contributed by atoms with Gasteiger partial charge in [0.25, 0.3) is 0 Å². The molecule has 0 aromatic rings. The Hall–Kier alpha value is -0.130. The Labute approximate surface area is 98.4 Å². The van der Waals surface area contributed by atoms with Crippen LogP contribution in [-0.4, -0.2) is 43.6 Å². The highest BCUT2D eigenvalue weighted by Gasteiger charge is 2.32. The first-order valence-electron chi connectivity index (χ1n) is 6.32. The van der Waals surface area contributed by atoms with Gasteiger partial charge in [0, 0.05) is 18.6 Å². The van der Waals surface area contributed by atoms with Gasteiger partial charge in [0.1, 0.15) is 0 Å². The zero-order valence-electron chi connectivity index (χ0n) is 9.98. The topological polar surface area (TPSA) is 49.4 Å². The molecule has 0 radical (unpaired) electrons. The second-order valence-electron chi connectivity index (χ2n) is 5.03.